The van der Waals surface area contributed by atoms with Gasteiger partial charge in [0.15, 0.2) is 0 Å². The van der Waals surface area contributed by atoms with Gasteiger partial charge in [-0.2, -0.15) is 0 Å². The van der Waals surface area contributed by atoms with Gasteiger partial charge in [-0.25, -0.2) is 4.79 Å². The van der Waals surface area contributed by atoms with Gasteiger partial charge < -0.3 is 9.84 Å². The summed E-state index contributed by atoms with van der Waals surface area (Å²) in [7, 11) is 0. The van der Waals surface area contributed by atoms with E-state index < -0.39 is 5.97 Å². The molecule has 0 atom stereocenters. The molecular formula is C24H28O3S. The molecule has 0 fully saturated rings. The highest BCUT2D eigenvalue weighted by molar-refractivity contribution is 7.98. The first kappa shape index (κ1) is 23.3. The summed E-state index contributed by atoms with van der Waals surface area (Å²) in [6.07, 6.45) is 0. The summed E-state index contributed by atoms with van der Waals surface area (Å²) in [6.45, 7) is 8.00. The predicted octanol–water partition coefficient (Wildman–Crippen LogP) is 7.52. The molecule has 0 radical (unpaired) electrons. The summed E-state index contributed by atoms with van der Waals surface area (Å²) in [5.74, 6) is 1.30. The minimum atomic E-state index is -0.891. The average molecular weight is 397 g/mol. The smallest absolute Gasteiger partial charge is 0.335 e. The zero-order valence-electron chi connectivity index (χ0n) is 16.9. The maximum absolute atomic E-state index is 11.2. The molecule has 0 saturated carbocycles. The van der Waals surface area contributed by atoms with E-state index in [1.54, 1.807) is 23.9 Å². The van der Waals surface area contributed by atoms with Gasteiger partial charge in [-0.1, -0.05) is 64.1 Å². The van der Waals surface area contributed by atoms with E-state index in [4.69, 9.17) is 4.74 Å². The summed E-state index contributed by atoms with van der Waals surface area (Å²) in [6, 6.07) is 24.5. The summed E-state index contributed by atoms with van der Waals surface area (Å²) < 4.78 is 5.76. The fourth-order valence-corrected chi connectivity index (χ4v) is 3.15. The topological polar surface area (TPSA) is 46.5 Å². The second kappa shape index (κ2) is 13.4. The Morgan fingerprint density at radius 2 is 1.32 bits per heavy atom. The predicted molar refractivity (Wildman–Crippen MR) is 119 cm³/mol. The lowest BCUT2D eigenvalue weighted by molar-refractivity contribution is 0.0696. The van der Waals surface area contributed by atoms with E-state index in [9.17, 15) is 9.90 Å². The Morgan fingerprint density at radius 1 is 0.786 bits per heavy atom. The number of carboxylic acid groups (broad SMARTS) is 1. The Bertz CT molecular complexity index is 815. The fourth-order valence-electron chi connectivity index (χ4n) is 2.24. The summed E-state index contributed by atoms with van der Waals surface area (Å²) in [5.41, 5.74) is 1.17. The maximum Gasteiger partial charge on any atom is 0.335 e. The number of rotatable bonds is 6. The largest absolute Gasteiger partial charge is 0.478 e. The van der Waals surface area contributed by atoms with Crippen LogP contribution in [-0.2, 0) is 5.75 Å². The molecule has 0 saturated heterocycles. The molecule has 0 unspecified atom stereocenters. The lowest BCUT2D eigenvalue weighted by atomic mass is 10.1. The maximum atomic E-state index is 11.2. The van der Waals surface area contributed by atoms with Crippen molar-refractivity contribution in [2.75, 3.05) is 0 Å². The molecule has 148 valence electrons. The molecule has 1 N–H and O–H groups in total. The molecule has 0 aliphatic rings. The van der Waals surface area contributed by atoms with Gasteiger partial charge in [0.1, 0.15) is 11.5 Å². The minimum Gasteiger partial charge on any atom is -0.478 e. The first-order chi connectivity index (χ1) is 13.7. The van der Waals surface area contributed by atoms with E-state index >= 15 is 0 Å². The molecule has 0 aromatic heterocycles. The van der Waals surface area contributed by atoms with Crippen molar-refractivity contribution in [2.45, 2.75) is 38.3 Å². The van der Waals surface area contributed by atoms with Crippen molar-refractivity contribution in [1.29, 1.82) is 0 Å². The normalized spacial score (nSPS) is 9.29. The van der Waals surface area contributed by atoms with Gasteiger partial charge in [-0.05, 0) is 48.0 Å². The fraction of sp³-hybridized carbons (Fsp3) is 0.208. The van der Waals surface area contributed by atoms with Gasteiger partial charge in [0, 0.05) is 10.6 Å². The van der Waals surface area contributed by atoms with Crippen molar-refractivity contribution in [3.8, 4) is 11.5 Å². The minimum absolute atomic E-state index is 0.356. The Balaban J connectivity index is 0.000000921. The van der Waals surface area contributed by atoms with Crippen LogP contribution in [0.4, 0.5) is 0 Å². The van der Waals surface area contributed by atoms with Crippen LogP contribution in [0.1, 0.15) is 43.6 Å². The van der Waals surface area contributed by atoms with Crippen LogP contribution in [0.15, 0.2) is 83.8 Å². The number of thioether (sulfide) groups is 1. The zero-order valence-corrected chi connectivity index (χ0v) is 17.7. The first-order valence-corrected chi connectivity index (χ1v) is 10.5. The van der Waals surface area contributed by atoms with Crippen molar-refractivity contribution < 1.29 is 14.6 Å². The number of benzene rings is 3. The van der Waals surface area contributed by atoms with Crippen LogP contribution in [0.5, 0.6) is 11.5 Å². The Labute approximate surface area is 172 Å². The van der Waals surface area contributed by atoms with E-state index in [0.717, 1.165) is 22.0 Å². The number of hydrogen-bond donors (Lipinski definition) is 1. The van der Waals surface area contributed by atoms with E-state index in [2.05, 4.69) is 0 Å². The summed E-state index contributed by atoms with van der Waals surface area (Å²) in [5, 5.41) is 9.21. The molecule has 3 rings (SSSR count). The molecule has 4 heteroatoms. The standard InChI is InChI=1S/C20H16O3S.2C2H6/c21-20(22)19-9-5-4-6-15(19)14-24-18-12-10-17(11-13-18)23-16-7-2-1-3-8-16;2*1-2/h1-13H,14H2,(H,21,22);2*1-2H3. The van der Waals surface area contributed by atoms with E-state index in [1.165, 1.54) is 0 Å². The van der Waals surface area contributed by atoms with Crippen LogP contribution in [0, 0.1) is 0 Å². The summed E-state index contributed by atoms with van der Waals surface area (Å²) >= 11 is 1.60. The summed E-state index contributed by atoms with van der Waals surface area (Å²) in [4.78, 5) is 12.3. The van der Waals surface area contributed by atoms with Gasteiger partial charge in [-0.3, -0.25) is 0 Å². The molecule has 0 amide bonds. The second-order valence-corrected chi connectivity index (χ2v) is 6.19. The highest BCUT2D eigenvalue weighted by Gasteiger charge is 2.09. The molecule has 0 aliphatic heterocycles. The Morgan fingerprint density at radius 3 is 1.93 bits per heavy atom. The number of carbonyl (C=O) groups is 1. The number of ether oxygens (including phenoxy) is 1. The first-order valence-electron chi connectivity index (χ1n) is 9.49. The number of carboxylic acids is 1. The number of aromatic carboxylic acids is 1. The van der Waals surface area contributed by atoms with E-state index in [-0.39, 0.29) is 0 Å². The molecule has 3 aromatic carbocycles. The molecule has 3 aromatic rings. The highest BCUT2D eigenvalue weighted by atomic mass is 32.2. The van der Waals surface area contributed by atoms with Gasteiger partial charge in [-0.15, -0.1) is 11.8 Å². The van der Waals surface area contributed by atoms with Crippen LogP contribution < -0.4 is 4.74 Å². The second-order valence-electron chi connectivity index (χ2n) is 5.14. The third-order valence-electron chi connectivity index (χ3n) is 3.44. The van der Waals surface area contributed by atoms with E-state index in [0.29, 0.717) is 11.3 Å². The van der Waals surface area contributed by atoms with Crippen molar-refractivity contribution in [1.82, 2.24) is 0 Å². The Kier molecular flexibility index (Phi) is 11.2. The van der Waals surface area contributed by atoms with Crippen LogP contribution >= 0.6 is 11.8 Å². The van der Waals surface area contributed by atoms with Crippen LogP contribution in [-0.4, -0.2) is 11.1 Å². The quantitative estimate of drug-likeness (QED) is 0.438. The number of para-hydroxylation sites is 1. The third-order valence-corrected chi connectivity index (χ3v) is 4.51. The van der Waals surface area contributed by atoms with E-state index in [1.807, 2.05) is 94.4 Å². The molecule has 0 bridgehead atoms. The lowest BCUT2D eigenvalue weighted by Crippen LogP contribution is -2.00. The van der Waals surface area contributed by atoms with Crippen molar-refractivity contribution >= 4 is 17.7 Å². The van der Waals surface area contributed by atoms with Crippen LogP contribution in [0.25, 0.3) is 0 Å². The van der Waals surface area contributed by atoms with Crippen LogP contribution in [0.2, 0.25) is 0 Å². The van der Waals surface area contributed by atoms with Gasteiger partial charge in [0.25, 0.3) is 0 Å². The van der Waals surface area contributed by atoms with Crippen LogP contribution in [0.3, 0.4) is 0 Å². The molecule has 0 spiro atoms. The SMILES string of the molecule is CC.CC.O=C(O)c1ccccc1CSc1ccc(Oc2ccccc2)cc1. The molecular weight excluding hydrogens is 368 g/mol. The number of hydrogen-bond acceptors (Lipinski definition) is 3. The lowest BCUT2D eigenvalue weighted by Gasteiger charge is -2.08. The van der Waals surface area contributed by atoms with Crippen molar-refractivity contribution in [3.05, 3.63) is 90.0 Å². The monoisotopic (exact) mass is 396 g/mol. The van der Waals surface area contributed by atoms with Crippen molar-refractivity contribution in [2.24, 2.45) is 0 Å². The zero-order chi connectivity index (χ0) is 20.8. The van der Waals surface area contributed by atoms with Gasteiger partial charge >= 0.3 is 5.97 Å². The molecule has 3 nitrogen and oxygen atoms in total. The third kappa shape index (κ3) is 7.49. The average Bonchev–Trinajstić information content (AvgIpc) is 2.77. The Hall–Kier alpha value is -2.72. The van der Waals surface area contributed by atoms with Gasteiger partial charge in [0.2, 0.25) is 0 Å². The molecule has 28 heavy (non-hydrogen) atoms. The highest BCUT2D eigenvalue weighted by Crippen LogP contribution is 2.28. The van der Waals surface area contributed by atoms with Crippen molar-refractivity contribution in [3.63, 3.8) is 0 Å². The molecule has 0 heterocycles. The molecule has 0 aliphatic carbocycles. The van der Waals surface area contributed by atoms with Gasteiger partial charge in [0.05, 0.1) is 5.56 Å².